The van der Waals surface area contributed by atoms with Gasteiger partial charge < -0.3 is 20.0 Å². The standard InChI is InChI=1S/C32H35N5O10S2/c1-32(2)30-24-18-22(48(41,42)43)19-26(49(44,45)46)23(24)13-14-25(30)36(31(32)34-33-20-9-11-21(12-10-20)35(3)4)17-7-5-6-8-29(40)47-37-27(38)15-16-28(37)39/h9-16,18-19,33H,5-8,17H2,1-4H3,(H2,41,42,43,44,45,46)/p+1. The van der Waals surface area contributed by atoms with E-state index in [0.717, 1.165) is 5.69 Å². The predicted octanol–water partition coefficient (Wildman–Crippen LogP) is 4.32. The molecule has 0 aliphatic carbocycles. The number of anilines is 2. The highest BCUT2D eigenvalue weighted by molar-refractivity contribution is 7.86. The van der Waals surface area contributed by atoms with E-state index in [1.807, 2.05) is 49.9 Å². The molecule has 1 aliphatic rings. The molecular formula is C32H36N5O10S2+. The maximum Gasteiger partial charge on any atom is 0.392 e. The van der Waals surface area contributed by atoms with Gasteiger partial charge in [0.1, 0.15) is 21.7 Å². The Balaban J connectivity index is 1.52. The lowest BCUT2D eigenvalue weighted by molar-refractivity contribution is -0.145. The van der Waals surface area contributed by atoms with Crippen LogP contribution in [-0.4, -0.2) is 78.1 Å². The van der Waals surface area contributed by atoms with Crippen molar-refractivity contribution in [2.75, 3.05) is 30.4 Å². The van der Waals surface area contributed by atoms with Crippen LogP contribution in [0.1, 0.15) is 45.1 Å². The fourth-order valence-electron chi connectivity index (χ4n) is 5.86. The molecule has 1 aliphatic heterocycles. The Bertz CT molecular complexity index is 2200. The number of benzene rings is 3. The van der Waals surface area contributed by atoms with Crippen molar-refractivity contribution in [1.82, 2.24) is 4.73 Å². The SMILES string of the molecule is CN(C)c1ccc(N=[N+]=C2N(CCCCCC(=O)On3c(O)ccc3O)c3ccc4c(S(=O)(=O)O)cc(S(=O)(=O)O)cc4c3C2(C)C)cc1. The van der Waals surface area contributed by atoms with Gasteiger partial charge in [-0.2, -0.15) is 16.8 Å². The third-order valence-electron chi connectivity index (χ3n) is 8.23. The zero-order valence-corrected chi connectivity index (χ0v) is 28.7. The highest BCUT2D eigenvalue weighted by Crippen LogP contribution is 2.47. The minimum atomic E-state index is -4.91. The summed E-state index contributed by atoms with van der Waals surface area (Å²) in [6.45, 7) is 4.02. The van der Waals surface area contributed by atoms with Gasteiger partial charge >= 0.3 is 11.8 Å². The lowest BCUT2D eigenvalue weighted by atomic mass is 9.82. The number of hydrogen-bond donors (Lipinski definition) is 4. The molecule has 0 amide bonds. The Hall–Kier alpha value is -4.93. The Morgan fingerprint density at radius 1 is 0.878 bits per heavy atom. The number of aromatic hydroxyl groups is 2. The number of amidine groups is 1. The minimum absolute atomic E-state index is 0.000176. The van der Waals surface area contributed by atoms with E-state index in [1.165, 1.54) is 24.3 Å². The van der Waals surface area contributed by atoms with Crippen LogP contribution in [0.3, 0.4) is 0 Å². The lowest BCUT2D eigenvalue weighted by Gasteiger charge is -2.16. The fourth-order valence-corrected chi connectivity index (χ4v) is 7.20. The first kappa shape index (κ1) is 35.4. The van der Waals surface area contributed by atoms with Crippen LogP contribution >= 0.6 is 0 Å². The predicted molar refractivity (Wildman–Crippen MR) is 180 cm³/mol. The molecule has 0 saturated heterocycles. The summed E-state index contributed by atoms with van der Waals surface area (Å²) in [4.78, 5) is 24.4. The maximum atomic E-state index is 12.4. The number of aromatic nitrogens is 1. The Morgan fingerprint density at radius 3 is 2.12 bits per heavy atom. The number of fused-ring (bicyclic) bond motifs is 3. The van der Waals surface area contributed by atoms with Crippen LogP contribution in [0, 0.1) is 0 Å². The molecule has 0 bridgehead atoms. The summed E-state index contributed by atoms with van der Waals surface area (Å²) in [6, 6.07) is 14.7. The molecule has 4 N–H and O–H groups in total. The normalized spacial score (nSPS) is 14.1. The van der Waals surface area contributed by atoms with E-state index < -0.39 is 53.2 Å². The summed E-state index contributed by atoms with van der Waals surface area (Å²) in [7, 11) is -5.96. The van der Waals surface area contributed by atoms with Gasteiger partial charge in [0, 0.05) is 54.4 Å². The van der Waals surface area contributed by atoms with Crippen LogP contribution in [0.5, 0.6) is 11.8 Å². The first-order valence-corrected chi connectivity index (χ1v) is 18.0. The van der Waals surface area contributed by atoms with Crippen molar-refractivity contribution in [2.45, 2.75) is 54.7 Å². The summed E-state index contributed by atoms with van der Waals surface area (Å²) in [5.41, 5.74) is 1.63. The zero-order chi connectivity index (χ0) is 35.9. The number of carbonyl (C=O) groups is 1. The largest absolute Gasteiger partial charge is 0.492 e. The van der Waals surface area contributed by atoms with Gasteiger partial charge in [0.25, 0.3) is 20.2 Å². The van der Waals surface area contributed by atoms with E-state index in [4.69, 9.17) is 4.84 Å². The van der Waals surface area contributed by atoms with Gasteiger partial charge in [-0.05, 0) is 87.0 Å². The lowest BCUT2D eigenvalue weighted by Crippen LogP contribution is -2.38. The average molecular weight is 715 g/mol. The Morgan fingerprint density at radius 2 is 1.53 bits per heavy atom. The van der Waals surface area contributed by atoms with Crippen molar-refractivity contribution < 1.29 is 50.6 Å². The van der Waals surface area contributed by atoms with Crippen LogP contribution in [0.25, 0.3) is 10.8 Å². The second-order valence-corrected chi connectivity index (χ2v) is 15.1. The molecule has 0 fully saturated rings. The molecule has 4 aromatic rings. The third-order valence-corrected chi connectivity index (χ3v) is 9.96. The van der Waals surface area contributed by atoms with Crippen LogP contribution in [0.15, 0.2) is 75.6 Å². The van der Waals surface area contributed by atoms with Crippen molar-refractivity contribution in [2.24, 2.45) is 5.11 Å². The maximum absolute atomic E-state index is 12.4. The zero-order valence-electron chi connectivity index (χ0n) is 27.1. The summed E-state index contributed by atoms with van der Waals surface area (Å²) in [5.74, 6) is -1.04. The third kappa shape index (κ3) is 7.25. The van der Waals surface area contributed by atoms with Crippen LogP contribution in [0.2, 0.25) is 0 Å². The highest BCUT2D eigenvalue weighted by atomic mass is 32.2. The van der Waals surface area contributed by atoms with Crippen molar-refractivity contribution in [3.8, 4) is 11.8 Å². The Kier molecular flexibility index (Phi) is 9.51. The summed E-state index contributed by atoms with van der Waals surface area (Å²) >= 11 is 0. The van der Waals surface area contributed by atoms with E-state index in [0.29, 0.717) is 59.4 Å². The molecule has 3 aromatic carbocycles. The number of rotatable bonds is 11. The molecule has 0 atom stereocenters. The molecule has 0 saturated carbocycles. The van der Waals surface area contributed by atoms with Gasteiger partial charge in [0.15, 0.2) is 0 Å². The van der Waals surface area contributed by atoms with Crippen LogP contribution in [-0.2, 0) is 30.4 Å². The van der Waals surface area contributed by atoms with Gasteiger partial charge in [-0.15, -0.1) is 4.73 Å². The number of hydrogen-bond acceptors (Lipinski definition) is 10. The van der Waals surface area contributed by atoms with Crippen molar-refractivity contribution >= 4 is 59.9 Å². The average Bonchev–Trinajstić information content (AvgIpc) is 3.45. The van der Waals surface area contributed by atoms with Gasteiger partial charge in [0.05, 0.1) is 11.4 Å². The van der Waals surface area contributed by atoms with Crippen LogP contribution in [0.4, 0.5) is 17.1 Å². The van der Waals surface area contributed by atoms with Gasteiger partial charge in [0.2, 0.25) is 11.8 Å². The van der Waals surface area contributed by atoms with Crippen LogP contribution < -0.4 is 14.6 Å². The van der Waals surface area contributed by atoms with Crippen molar-refractivity contribution in [3.63, 3.8) is 0 Å². The first-order valence-electron chi connectivity index (χ1n) is 15.1. The van der Waals surface area contributed by atoms with Gasteiger partial charge in [-0.3, -0.25) is 9.11 Å². The fraction of sp³-hybridized carbons (Fsp3) is 0.312. The molecule has 15 nitrogen and oxygen atoms in total. The first-order chi connectivity index (χ1) is 22.9. The Labute approximate surface area is 282 Å². The molecule has 260 valence electrons. The van der Waals surface area contributed by atoms with E-state index >= 15 is 0 Å². The van der Waals surface area contributed by atoms with Gasteiger partial charge in [-0.25, -0.2) is 9.69 Å². The minimum Gasteiger partial charge on any atom is -0.492 e. The summed E-state index contributed by atoms with van der Waals surface area (Å²) < 4.78 is 69.7. The number of unbranched alkanes of at least 4 members (excludes halogenated alkanes) is 2. The van der Waals surface area contributed by atoms with Crippen molar-refractivity contribution in [3.05, 3.63) is 66.2 Å². The number of nitrogens with zero attached hydrogens (tertiary/aromatic N) is 5. The monoisotopic (exact) mass is 714 g/mol. The molecular weight excluding hydrogens is 679 g/mol. The molecule has 49 heavy (non-hydrogen) atoms. The summed E-state index contributed by atoms with van der Waals surface area (Å²) in [5, 5.41) is 24.1. The van der Waals surface area contributed by atoms with Gasteiger partial charge in [-0.1, -0.05) is 4.79 Å². The van der Waals surface area contributed by atoms with E-state index in [1.54, 1.807) is 18.2 Å². The molecule has 0 spiro atoms. The smallest absolute Gasteiger partial charge is 0.392 e. The summed E-state index contributed by atoms with van der Waals surface area (Å²) in [6.07, 6.45) is 1.50. The molecule has 0 unspecified atom stereocenters. The molecule has 1 aromatic heterocycles. The highest BCUT2D eigenvalue weighted by Gasteiger charge is 2.52. The molecule has 5 rings (SSSR count). The topological polar surface area (TPSA) is 213 Å². The van der Waals surface area contributed by atoms with E-state index in [9.17, 15) is 40.9 Å². The van der Waals surface area contributed by atoms with E-state index in [2.05, 4.69) is 9.90 Å². The quantitative estimate of drug-likeness (QED) is 0.0740. The molecule has 2 heterocycles. The number of carbonyl (C=O) groups excluding carboxylic acids is 1. The molecule has 0 radical (unpaired) electrons. The van der Waals surface area contributed by atoms with Crippen molar-refractivity contribution in [1.29, 1.82) is 0 Å². The van der Waals surface area contributed by atoms with E-state index in [-0.39, 0.29) is 17.2 Å². The molecule has 17 heteroatoms. The second-order valence-electron chi connectivity index (χ2n) is 12.3. The second kappa shape index (κ2) is 13.2.